The number of halogens is 3. The minimum absolute atomic E-state index is 0.162. The van der Waals surface area contributed by atoms with Gasteiger partial charge in [-0.15, -0.1) is 0 Å². The molecule has 2 nitrogen and oxygen atoms in total. The molecule has 0 amide bonds. The predicted molar refractivity (Wildman–Crippen MR) is 125 cm³/mol. The maximum absolute atomic E-state index is 14.4. The molecule has 0 aromatic heterocycles. The smallest absolute Gasteiger partial charge is 0.372 e. The number of benzene rings is 3. The van der Waals surface area contributed by atoms with E-state index < -0.39 is 11.8 Å². The number of aryl methyl sites for hydroxylation is 3. The molecule has 0 aliphatic heterocycles. The zero-order valence-corrected chi connectivity index (χ0v) is 18.9. The van der Waals surface area contributed by atoms with Crippen LogP contribution in [0.3, 0.4) is 0 Å². The third kappa shape index (κ3) is 5.60. The molecule has 0 spiro atoms. The molecule has 0 saturated heterocycles. The van der Waals surface area contributed by atoms with Crippen molar-refractivity contribution in [1.82, 2.24) is 0 Å². The quantitative estimate of drug-likeness (QED) is 0.388. The van der Waals surface area contributed by atoms with Crippen LogP contribution < -0.4 is 0 Å². The Morgan fingerprint density at radius 3 is 1.70 bits per heavy atom. The summed E-state index contributed by atoms with van der Waals surface area (Å²) in [6.07, 6.45) is -4.05. The lowest BCUT2D eigenvalue weighted by atomic mass is 9.81. The first kappa shape index (κ1) is 24.5. The molecule has 1 unspecified atom stereocenters. The van der Waals surface area contributed by atoms with Crippen LogP contribution in [-0.2, 0) is 5.60 Å². The summed E-state index contributed by atoms with van der Waals surface area (Å²) in [5, 5.41) is 11.2. The van der Waals surface area contributed by atoms with Crippen LogP contribution in [0.4, 0.5) is 13.2 Å². The van der Waals surface area contributed by atoms with E-state index >= 15 is 0 Å². The molecule has 0 heterocycles. The monoisotopic (exact) mass is 452 g/mol. The van der Waals surface area contributed by atoms with Gasteiger partial charge in [-0.2, -0.15) is 13.2 Å². The maximum atomic E-state index is 14.4. The summed E-state index contributed by atoms with van der Waals surface area (Å²) in [6.45, 7) is 5.54. The SMILES string of the molecule is Cc1ccc(/C=C(\CCC(=O)c2ccc(C)cc2)C(O)(c2ccc(C)cc2)C(F)(F)F)cc1. The maximum Gasteiger partial charge on any atom is 0.425 e. The highest BCUT2D eigenvalue weighted by Gasteiger charge is 2.57. The number of Topliss-reactive ketones (excluding diaryl/α,β-unsaturated/α-hetero) is 1. The van der Waals surface area contributed by atoms with Crippen molar-refractivity contribution >= 4 is 11.9 Å². The molecular weight excluding hydrogens is 425 g/mol. The van der Waals surface area contributed by atoms with E-state index in [1.807, 2.05) is 13.8 Å². The van der Waals surface area contributed by atoms with Crippen LogP contribution in [0.25, 0.3) is 6.08 Å². The van der Waals surface area contributed by atoms with Crippen molar-refractivity contribution < 1.29 is 23.1 Å². The van der Waals surface area contributed by atoms with E-state index in [0.717, 1.165) is 16.7 Å². The summed E-state index contributed by atoms with van der Waals surface area (Å²) < 4.78 is 43.3. The molecule has 1 N–H and O–H groups in total. The topological polar surface area (TPSA) is 37.3 Å². The van der Waals surface area contributed by atoms with Crippen LogP contribution in [0, 0.1) is 20.8 Å². The number of hydrogen-bond acceptors (Lipinski definition) is 2. The van der Waals surface area contributed by atoms with Gasteiger partial charge in [0.05, 0.1) is 0 Å². The van der Waals surface area contributed by atoms with E-state index in [1.165, 1.54) is 30.3 Å². The molecule has 172 valence electrons. The average molecular weight is 453 g/mol. The van der Waals surface area contributed by atoms with Gasteiger partial charge >= 0.3 is 6.18 Å². The molecule has 3 aromatic carbocycles. The minimum Gasteiger partial charge on any atom is -0.372 e. The number of carbonyl (C=O) groups is 1. The molecule has 3 aromatic rings. The van der Waals surface area contributed by atoms with Crippen molar-refractivity contribution in [2.45, 2.75) is 45.4 Å². The number of aliphatic hydroxyl groups is 1. The van der Waals surface area contributed by atoms with E-state index in [0.29, 0.717) is 11.1 Å². The Labute approximate surface area is 192 Å². The summed E-state index contributed by atoms with van der Waals surface area (Å²) in [4.78, 5) is 12.7. The van der Waals surface area contributed by atoms with Gasteiger partial charge in [0.2, 0.25) is 5.60 Å². The van der Waals surface area contributed by atoms with E-state index in [9.17, 15) is 23.1 Å². The van der Waals surface area contributed by atoms with Crippen LogP contribution in [0.15, 0.2) is 78.4 Å². The second kappa shape index (κ2) is 9.75. The van der Waals surface area contributed by atoms with Crippen LogP contribution in [0.2, 0.25) is 0 Å². The summed E-state index contributed by atoms with van der Waals surface area (Å²) in [7, 11) is 0. The molecule has 0 bridgehead atoms. The zero-order chi connectivity index (χ0) is 24.2. The van der Waals surface area contributed by atoms with Gasteiger partial charge in [-0.3, -0.25) is 4.79 Å². The van der Waals surface area contributed by atoms with Gasteiger partial charge in [-0.1, -0.05) is 95.6 Å². The van der Waals surface area contributed by atoms with Crippen molar-refractivity contribution in [2.24, 2.45) is 0 Å². The Hall–Kier alpha value is -3.18. The first-order valence-electron chi connectivity index (χ1n) is 10.7. The Morgan fingerprint density at radius 1 is 0.758 bits per heavy atom. The summed E-state index contributed by atoms with van der Waals surface area (Å²) in [5.74, 6) is -0.279. The second-order valence-electron chi connectivity index (χ2n) is 8.44. The molecule has 0 fully saturated rings. The standard InChI is InChI=1S/C28H27F3O2/c1-19-4-10-22(11-5-19)18-25(16-17-26(32)23-12-6-20(2)7-13-23)27(33,28(29,30)31)24-14-8-21(3)9-15-24/h4-15,18,33H,16-17H2,1-3H3/b25-18+. The first-order chi connectivity index (χ1) is 15.5. The molecular formula is C28H27F3O2. The fourth-order valence-corrected chi connectivity index (χ4v) is 3.68. The largest absolute Gasteiger partial charge is 0.425 e. The molecule has 0 radical (unpaired) electrons. The molecule has 1 atom stereocenters. The van der Waals surface area contributed by atoms with Crippen molar-refractivity contribution in [1.29, 1.82) is 0 Å². The Morgan fingerprint density at radius 2 is 1.21 bits per heavy atom. The van der Waals surface area contributed by atoms with Gasteiger partial charge in [-0.05, 0) is 43.9 Å². The lowest BCUT2D eigenvalue weighted by molar-refractivity contribution is -0.250. The molecule has 33 heavy (non-hydrogen) atoms. The van der Waals surface area contributed by atoms with Crippen molar-refractivity contribution in [3.63, 3.8) is 0 Å². The summed E-state index contributed by atoms with van der Waals surface area (Å²) >= 11 is 0. The number of hydrogen-bond donors (Lipinski definition) is 1. The van der Waals surface area contributed by atoms with Crippen molar-refractivity contribution in [2.75, 3.05) is 0 Å². The third-order valence-electron chi connectivity index (χ3n) is 5.76. The number of alkyl halides is 3. The van der Waals surface area contributed by atoms with Crippen LogP contribution in [-0.4, -0.2) is 17.1 Å². The van der Waals surface area contributed by atoms with E-state index in [-0.39, 0.29) is 29.8 Å². The second-order valence-corrected chi connectivity index (χ2v) is 8.44. The van der Waals surface area contributed by atoms with Gasteiger partial charge < -0.3 is 5.11 Å². The fourth-order valence-electron chi connectivity index (χ4n) is 3.68. The number of rotatable bonds is 7. The van der Waals surface area contributed by atoms with Crippen molar-refractivity contribution in [3.8, 4) is 0 Å². The minimum atomic E-state index is -4.98. The average Bonchev–Trinajstić information content (AvgIpc) is 2.77. The van der Waals surface area contributed by atoms with Gasteiger partial charge in [0.1, 0.15) is 0 Å². The highest BCUT2D eigenvalue weighted by atomic mass is 19.4. The summed E-state index contributed by atoms with van der Waals surface area (Å²) in [5.41, 5.74) is -0.0922. The Kier molecular flexibility index (Phi) is 7.23. The highest BCUT2D eigenvalue weighted by Crippen LogP contribution is 2.46. The summed E-state index contributed by atoms with van der Waals surface area (Å²) in [6, 6.07) is 19.5. The predicted octanol–water partition coefficient (Wildman–Crippen LogP) is 7.11. The molecule has 5 heteroatoms. The van der Waals surface area contributed by atoms with Crippen molar-refractivity contribution in [3.05, 3.63) is 112 Å². The number of ketones is 1. The van der Waals surface area contributed by atoms with Gasteiger partial charge in [0, 0.05) is 12.0 Å². The van der Waals surface area contributed by atoms with E-state index in [4.69, 9.17) is 0 Å². The van der Waals surface area contributed by atoms with Gasteiger partial charge in [-0.25, -0.2) is 0 Å². The van der Waals surface area contributed by atoms with E-state index in [2.05, 4.69) is 0 Å². The zero-order valence-electron chi connectivity index (χ0n) is 18.9. The number of carbonyl (C=O) groups excluding carboxylic acids is 1. The molecule has 0 saturated carbocycles. The fraction of sp³-hybridized carbons (Fsp3) is 0.250. The lowest BCUT2D eigenvalue weighted by Crippen LogP contribution is -2.44. The molecule has 0 aliphatic carbocycles. The van der Waals surface area contributed by atoms with Gasteiger partial charge in [0.25, 0.3) is 0 Å². The first-order valence-corrected chi connectivity index (χ1v) is 10.7. The van der Waals surface area contributed by atoms with Crippen LogP contribution >= 0.6 is 0 Å². The van der Waals surface area contributed by atoms with E-state index in [1.54, 1.807) is 55.5 Å². The molecule has 0 aliphatic rings. The Bertz CT molecular complexity index is 1130. The normalized spacial score (nSPS) is 14.1. The molecule has 3 rings (SSSR count). The van der Waals surface area contributed by atoms with Crippen LogP contribution in [0.5, 0.6) is 0 Å². The third-order valence-corrected chi connectivity index (χ3v) is 5.76. The van der Waals surface area contributed by atoms with Gasteiger partial charge in [0.15, 0.2) is 5.78 Å². The Balaban J connectivity index is 2.05. The van der Waals surface area contributed by atoms with Crippen LogP contribution in [0.1, 0.15) is 51.0 Å². The highest BCUT2D eigenvalue weighted by molar-refractivity contribution is 5.96. The lowest BCUT2D eigenvalue weighted by Gasteiger charge is -2.34.